The standard InChI is InChI=1S/C18H22N2O/c1-3-18(21)14-8-10-15(11-9-14)20-13-12-19(2)16-6-4-5-7-17(16)20/h4-11,18,21H,3,12-13H2,1-2H3/t18-/m0/s1. The third-order valence-corrected chi connectivity index (χ3v) is 4.22. The van der Waals surface area contributed by atoms with Crippen LogP contribution in [-0.2, 0) is 0 Å². The Morgan fingerprint density at radius 1 is 1.00 bits per heavy atom. The van der Waals surface area contributed by atoms with Crippen LogP contribution >= 0.6 is 0 Å². The number of nitrogens with zero attached hydrogens (tertiary/aromatic N) is 2. The van der Waals surface area contributed by atoms with Gasteiger partial charge in [0.1, 0.15) is 0 Å². The van der Waals surface area contributed by atoms with E-state index in [0.29, 0.717) is 0 Å². The summed E-state index contributed by atoms with van der Waals surface area (Å²) in [4.78, 5) is 4.64. The van der Waals surface area contributed by atoms with Crippen LogP contribution in [0.4, 0.5) is 17.1 Å². The molecular weight excluding hydrogens is 260 g/mol. The van der Waals surface area contributed by atoms with Crippen molar-refractivity contribution in [2.75, 3.05) is 29.9 Å². The van der Waals surface area contributed by atoms with Crippen LogP contribution in [0.3, 0.4) is 0 Å². The van der Waals surface area contributed by atoms with Crippen LogP contribution in [0, 0.1) is 0 Å². The molecule has 0 saturated heterocycles. The van der Waals surface area contributed by atoms with Gasteiger partial charge in [0.15, 0.2) is 0 Å². The van der Waals surface area contributed by atoms with E-state index in [0.717, 1.165) is 25.1 Å². The molecule has 2 aromatic rings. The Morgan fingerprint density at radius 3 is 2.33 bits per heavy atom. The number of para-hydroxylation sites is 2. The molecule has 1 aliphatic rings. The van der Waals surface area contributed by atoms with Crippen molar-refractivity contribution in [3.8, 4) is 0 Å². The summed E-state index contributed by atoms with van der Waals surface area (Å²) in [6.07, 6.45) is 0.385. The highest BCUT2D eigenvalue weighted by Crippen LogP contribution is 2.37. The largest absolute Gasteiger partial charge is 0.388 e. The molecule has 21 heavy (non-hydrogen) atoms. The molecule has 3 nitrogen and oxygen atoms in total. The van der Waals surface area contributed by atoms with E-state index >= 15 is 0 Å². The number of likely N-dealkylation sites (N-methyl/N-ethyl adjacent to an activating group) is 1. The summed E-state index contributed by atoms with van der Waals surface area (Å²) in [7, 11) is 2.14. The summed E-state index contributed by atoms with van der Waals surface area (Å²) in [5, 5.41) is 9.90. The summed E-state index contributed by atoms with van der Waals surface area (Å²) in [6.45, 7) is 3.98. The summed E-state index contributed by atoms with van der Waals surface area (Å²) >= 11 is 0. The lowest BCUT2D eigenvalue weighted by molar-refractivity contribution is 0.173. The monoisotopic (exact) mass is 282 g/mol. The molecule has 0 amide bonds. The third-order valence-electron chi connectivity index (χ3n) is 4.22. The van der Waals surface area contributed by atoms with Crippen molar-refractivity contribution in [1.82, 2.24) is 0 Å². The Hall–Kier alpha value is -2.00. The first-order valence-electron chi connectivity index (χ1n) is 7.56. The molecule has 1 heterocycles. The van der Waals surface area contributed by atoms with Gasteiger partial charge in [-0.15, -0.1) is 0 Å². The van der Waals surface area contributed by atoms with Crippen LogP contribution in [0.25, 0.3) is 0 Å². The number of rotatable bonds is 3. The van der Waals surface area contributed by atoms with Gasteiger partial charge >= 0.3 is 0 Å². The topological polar surface area (TPSA) is 26.7 Å². The smallest absolute Gasteiger partial charge is 0.0787 e. The van der Waals surface area contributed by atoms with E-state index in [2.05, 4.69) is 53.2 Å². The zero-order valence-corrected chi connectivity index (χ0v) is 12.7. The van der Waals surface area contributed by atoms with Gasteiger partial charge in [-0.2, -0.15) is 0 Å². The number of fused-ring (bicyclic) bond motifs is 1. The molecule has 1 atom stereocenters. The lowest BCUT2D eigenvalue weighted by atomic mass is 10.1. The highest BCUT2D eigenvalue weighted by atomic mass is 16.3. The van der Waals surface area contributed by atoms with Gasteiger partial charge in [-0.1, -0.05) is 31.2 Å². The van der Waals surface area contributed by atoms with Crippen molar-refractivity contribution < 1.29 is 5.11 Å². The van der Waals surface area contributed by atoms with Gasteiger partial charge in [0.25, 0.3) is 0 Å². The van der Waals surface area contributed by atoms with E-state index in [1.165, 1.54) is 17.1 Å². The van der Waals surface area contributed by atoms with Crippen LogP contribution in [0.15, 0.2) is 48.5 Å². The van der Waals surface area contributed by atoms with Gasteiger partial charge in [-0.3, -0.25) is 0 Å². The second-order valence-electron chi connectivity index (χ2n) is 5.58. The second-order valence-corrected chi connectivity index (χ2v) is 5.58. The maximum atomic E-state index is 9.90. The predicted molar refractivity (Wildman–Crippen MR) is 88.4 cm³/mol. The number of anilines is 3. The molecule has 0 unspecified atom stereocenters. The Morgan fingerprint density at radius 2 is 1.67 bits per heavy atom. The average molecular weight is 282 g/mol. The van der Waals surface area contributed by atoms with Gasteiger partial charge in [0, 0.05) is 25.8 Å². The number of benzene rings is 2. The van der Waals surface area contributed by atoms with Crippen LogP contribution < -0.4 is 9.80 Å². The van der Waals surface area contributed by atoms with Crippen LogP contribution in [0.2, 0.25) is 0 Å². The van der Waals surface area contributed by atoms with E-state index in [9.17, 15) is 5.11 Å². The Bertz CT molecular complexity index is 609. The van der Waals surface area contributed by atoms with Gasteiger partial charge in [0.05, 0.1) is 17.5 Å². The maximum absolute atomic E-state index is 9.90. The first-order valence-corrected chi connectivity index (χ1v) is 7.56. The van der Waals surface area contributed by atoms with E-state index < -0.39 is 0 Å². The molecule has 3 heteroatoms. The van der Waals surface area contributed by atoms with Crippen LogP contribution in [-0.4, -0.2) is 25.2 Å². The molecule has 0 aliphatic carbocycles. The maximum Gasteiger partial charge on any atom is 0.0787 e. The first-order chi connectivity index (χ1) is 10.2. The highest BCUT2D eigenvalue weighted by molar-refractivity contribution is 5.79. The van der Waals surface area contributed by atoms with E-state index in [-0.39, 0.29) is 6.10 Å². The molecule has 1 N–H and O–H groups in total. The lowest BCUT2D eigenvalue weighted by Crippen LogP contribution is -2.36. The second kappa shape index (κ2) is 5.78. The van der Waals surface area contributed by atoms with Crippen LogP contribution in [0.1, 0.15) is 25.0 Å². The van der Waals surface area contributed by atoms with Crippen molar-refractivity contribution >= 4 is 17.1 Å². The Labute approximate surface area is 126 Å². The summed E-state index contributed by atoms with van der Waals surface area (Å²) in [5.41, 5.74) is 4.68. The van der Waals surface area contributed by atoms with Gasteiger partial charge in [-0.05, 0) is 36.2 Å². The fourth-order valence-corrected chi connectivity index (χ4v) is 2.89. The number of hydrogen-bond acceptors (Lipinski definition) is 3. The molecule has 3 rings (SSSR count). The SMILES string of the molecule is CC[C@H](O)c1ccc(N2CCN(C)c3ccccc32)cc1. The van der Waals surface area contributed by atoms with Crippen molar-refractivity contribution in [2.24, 2.45) is 0 Å². The quantitative estimate of drug-likeness (QED) is 0.929. The minimum atomic E-state index is -0.362. The molecule has 2 aromatic carbocycles. The predicted octanol–water partition coefficient (Wildman–Crippen LogP) is 3.72. The summed E-state index contributed by atoms with van der Waals surface area (Å²) < 4.78 is 0. The van der Waals surface area contributed by atoms with Crippen LogP contribution in [0.5, 0.6) is 0 Å². The molecule has 0 bridgehead atoms. The minimum absolute atomic E-state index is 0.362. The number of hydrogen-bond donors (Lipinski definition) is 1. The minimum Gasteiger partial charge on any atom is -0.388 e. The molecule has 0 spiro atoms. The van der Waals surface area contributed by atoms with Crippen molar-refractivity contribution in [3.63, 3.8) is 0 Å². The van der Waals surface area contributed by atoms with Crippen molar-refractivity contribution in [3.05, 3.63) is 54.1 Å². The zero-order chi connectivity index (χ0) is 14.8. The normalized spacial score (nSPS) is 15.8. The fourth-order valence-electron chi connectivity index (χ4n) is 2.89. The number of aliphatic hydroxyl groups excluding tert-OH is 1. The number of aliphatic hydroxyl groups is 1. The Kier molecular flexibility index (Phi) is 3.84. The molecule has 0 saturated carbocycles. The summed E-state index contributed by atoms with van der Waals surface area (Å²) in [5.74, 6) is 0. The highest BCUT2D eigenvalue weighted by Gasteiger charge is 2.20. The molecule has 110 valence electrons. The van der Waals surface area contributed by atoms with Gasteiger partial charge in [-0.25, -0.2) is 0 Å². The first kappa shape index (κ1) is 14.0. The van der Waals surface area contributed by atoms with Gasteiger partial charge in [0.2, 0.25) is 0 Å². The lowest BCUT2D eigenvalue weighted by Gasteiger charge is -2.37. The van der Waals surface area contributed by atoms with Crippen molar-refractivity contribution in [1.29, 1.82) is 0 Å². The summed E-state index contributed by atoms with van der Waals surface area (Å²) in [6, 6.07) is 16.8. The Balaban J connectivity index is 1.93. The molecule has 1 aliphatic heterocycles. The molecule has 0 aromatic heterocycles. The van der Waals surface area contributed by atoms with Crippen molar-refractivity contribution in [2.45, 2.75) is 19.4 Å². The average Bonchev–Trinajstić information content (AvgIpc) is 2.55. The van der Waals surface area contributed by atoms with E-state index in [1.54, 1.807) is 0 Å². The fraction of sp³-hybridized carbons (Fsp3) is 0.333. The molecule has 0 fully saturated rings. The third kappa shape index (κ3) is 2.61. The van der Waals surface area contributed by atoms with E-state index in [1.807, 2.05) is 19.1 Å². The van der Waals surface area contributed by atoms with Gasteiger partial charge < -0.3 is 14.9 Å². The van der Waals surface area contributed by atoms with E-state index in [4.69, 9.17) is 0 Å². The molecule has 0 radical (unpaired) electrons. The molecular formula is C18H22N2O. The zero-order valence-electron chi connectivity index (χ0n) is 12.7.